The maximum Gasteiger partial charge on any atom is 0.411 e. The fourth-order valence-electron chi connectivity index (χ4n) is 3.05. The number of alkyl halides is 3. The highest BCUT2D eigenvalue weighted by atomic mass is 32.2. The van der Waals surface area contributed by atoms with Crippen LogP contribution in [0, 0.1) is 0 Å². The van der Waals surface area contributed by atoms with Gasteiger partial charge in [-0.25, -0.2) is 8.42 Å². The summed E-state index contributed by atoms with van der Waals surface area (Å²) < 4.78 is 64.1. The zero-order chi connectivity index (χ0) is 15.5. The molecule has 0 aromatic heterocycles. The number of nitrogens with one attached hydrogen (secondary N) is 1. The van der Waals surface area contributed by atoms with Crippen molar-refractivity contribution in [2.75, 3.05) is 18.1 Å². The molecular formula is C13H22F3NO3S. The molecule has 0 amide bonds. The molecule has 8 heteroatoms. The lowest BCUT2D eigenvalue weighted by atomic mass is 9.92. The fraction of sp³-hybridized carbons (Fsp3) is 1.00. The summed E-state index contributed by atoms with van der Waals surface area (Å²) in [7, 11) is -2.88. The molecule has 2 atom stereocenters. The van der Waals surface area contributed by atoms with Gasteiger partial charge in [0.15, 0.2) is 0 Å². The largest absolute Gasteiger partial charge is 0.411 e. The van der Waals surface area contributed by atoms with Gasteiger partial charge in [0, 0.05) is 12.1 Å². The first-order valence-corrected chi connectivity index (χ1v) is 9.20. The lowest BCUT2D eigenvalue weighted by Gasteiger charge is -2.34. The first-order valence-electron chi connectivity index (χ1n) is 7.38. The van der Waals surface area contributed by atoms with E-state index in [1.165, 1.54) is 0 Å². The Labute approximate surface area is 123 Å². The lowest BCUT2D eigenvalue weighted by molar-refractivity contribution is -0.188. The van der Waals surface area contributed by atoms with Gasteiger partial charge in [0.05, 0.1) is 17.6 Å². The van der Waals surface area contributed by atoms with Crippen LogP contribution in [-0.2, 0) is 14.6 Å². The molecule has 2 aliphatic rings. The summed E-state index contributed by atoms with van der Waals surface area (Å²) in [4.78, 5) is 0. The summed E-state index contributed by atoms with van der Waals surface area (Å²) in [5.41, 5.74) is 0. The molecule has 1 aliphatic carbocycles. The van der Waals surface area contributed by atoms with Crippen LogP contribution in [0.1, 0.15) is 38.5 Å². The summed E-state index contributed by atoms with van der Waals surface area (Å²) in [6.07, 6.45) is -0.476. The molecule has 1 N–H and O–H groups in total. The molecule has 0 aromatic rings. The van der Waals surface area contributed by atoms with Crippen LogP contribution in [0.3, 0.4) is 0 Å². The van der Waals surface area contributed by atoms with Crippen LogP contribution < -0.4 is 5.32 Å². The van der Waals surface area contributed by atoms with E-state index in [1.807, 2.05) is 0 Å². The average Bonchev–Trinajstić information content (AvgIpc) is 2.39. The molecule has 2 rings (SSSR count). The van der Waals surface area contributed by atoms with Crippen LogP contribution in [-0.4, -0.2) is 50.9 Å². The number of halogens is 3. The minimum atomic E-state index is -4.28. The van der Waals surface area contributed by atoms with E-state index < -0.39 is 22.6 Å². The third kappa shape index (κ3) is 6.12. The minimum absolute atomic E-state index is 0.128. The topological polar surface area (TPSA) is 55.4 Å². The Kier molecular flexibility index (Phi) is 5.54. The minimum Gasteiger partial charge on any atom is -0.369 e. The van der Waals surface area contributed by atoms with E-state index in [2.05, 4.69) is 5.32 Å². The predicted molar refractivity (Wildman–Crippen MR) is 72.9 cm³/mol. The summed E-state index contributed by atoms with van der Waals surface area (Å²) in [6.45, 7) is -1.19. The van der Waals surface area contributed by atoms with Gasteiger partial charge >= 0.3 is 6.18 Å². The molecule has 1 saturated carbocycles. The number of ether oxygens (including phenoxy) is 1. The highest BCUT2D eigenvalue weighted by Crippen LogP contribution is 2.25. The van der Waals surface area contributed by atoms with Crippen LogP contribution in [0.15, 0.2) is 0 Å². The van der Waals surface area contributed by atoms with Crippen LogP contribution >= 0.6 is 0 Å². The Morgan fingerprint density at radius 1 is 1.05 bits per heavy atom. The van der Waals surface area contributed by atoms with Gasteiger partial charge in [-0.15, -0.1) is 0 Å². The standard InChI is InChI=1S/C13H22F3NO3S/c14-13(15,16)9-20-12-3-1-2-11(8-12)17-10-4-6-21(18,19)7-5-10/h10-12,17H,1-9H2. The van der Waals surface area contributed by atoms with Crippen LogP contribution in [0.5, 0.6) is 0 Å². The molecule has 1 heterocycles. The maximum atomic E-state index is 12.2. The molecule has 2 fully saturated rings. The monoisotopic (exact) mass is 329 g/mol. The summed E-state index contributed by atoms with van der Waals surface area (Å²) in [5.74, 6) is 0.400. The van der Waals surface area contributed by atoms with Crippen molar-refractivity contribution in [1.82, 2.24) is 5.32 Å². The lowest BCUT2D eigenvalue weighted by Crippen LogP contribution is -2.46. The SMILES string of the molecule is O=S1(=O)CCC(NC2CCCC(OCC(F)(F)F)C2)CC1. The van der Waals surface area contributed by atoms with Crippen molar-refractivity contribution in [2.45, 2.75) is 62.9 Å². The molecule has 1 saturated heterocycles. The molecule has 2 unspecified atom stereocenters. The second kappa shape index (κ2) is 6.83. The van der Waals surface area contributed by atoms with Gasteiger partial charge in [-0.05, 0) is 38.5 Å². The van der Waals surface area contributed by atoms with Crippen LogP contribution in [0.4, 0.5) is 13.2 Å². The average molecular weight is 329 g/mol. The predicted octanol–water partition coefficient (Wildman–Crippen LogP) is 2.04. The molecule has 21 heavy (non-hydrogen) atoms. The van der Waals surface area contributed by atoms with Crippen LogP contribution in [0.2, 0.25) is 0 Å². The highest BCUT2D eigenvalue weighted by Gasteiger charge is 2.32. The Morgan fingerprint density at radius 3 is 2.33 bits per heavy atom. The highest BCUT2D eigenvalue weighted by molar-refractivity contribution is 7.91. The van der Waals surface area contributed by atoms with E-state index >= 15 is 0 Å². The van der Waals surface area contributed by atoms with E-state index in [1.54, 1.807) is 0 Å². The smallest absolute Gasteiger partial charge is 0.369 e. The molecule has 124 valence electrons. The number of sulfone groups is 1. The van der Waals surface area contributed by atoms with Gasteiger partial charge in [-0.1, -0.05) is 0 Å². The van der Waals surface area contributed by atoms with Crippen molar-refractivity contribution >= 4 is 9.84 Å². The fourth-order valence-corrected chi connectivity index (χ4v) is 4.54. The van der Waals surface area contributed by atoms with Gasteiger partial charge < -0.3 is 10.1 Å². The van der Waals surface area contributed by atoms with Gasteiger partial charge in [-0.3, -0.25) is 0 Å². The number of rotatable bonds is 4. The van der Waals surface area contributed by atoms with Gasteiger partial charge in [0.2, 0.25) is 0 Å². The summed E-state index contributed by atoms with van der Waals surface area (Å²) in [6, 6.07) is 0.280. The molecule has 0 radical (unpaired) electrons. The van der Waals surface area contributed by atoms with Gasteiger partial charge in [0.25, 0.3) is 0 Å². The molecule has 4 nitrogen and oxygen atoms in total. The second-order valence-electron chi connectivity index (χ2n) is 6.00. The molecule has 0 bridgehead atoms. The van der Waals surface area contributed by atoms with Crippen molar-refractivity contribution in [3.05, 3.63) is 0 Å². The third-order valence-electron chi connectivity index (χ3n) is 4.13. The van der Waals surface area contributed by atoms with Crippen molar-refractivity contribution in [2.24, 2.45) is 0 Å². The van der Waals surface area contributed by atoms with E-state index in [4.69, 9.17) is 4.74 Å². The van der Waals surface area contributed by atoms with Crippen molar-refractivity contribution in [3.63, 3.8) is 0 Å². The zero-order valence-electron chi connectivity index (χ0n) is 11.9. The van der Waals surface area contributed by atoms with E-state index in [0.29, 0.717) is 25.7 Å². The van der Waals surface area contributed by atoms with Crippen molar-refractivity contribution in [3.8, 4) is 0 Å². The summed E-state index contributed by atoms with van der Waals surface area (Å²) in [5, 5.41) is 3.40. The Hall–Kier alpha value is -0.340. The zero-order valence-corrected chi connectivity index (χ0v) is 12.7. The van der Waals surface area contributed by atoms with E-state index in [-0.39, 0.29) is 29.7 Å². The Balaban J connectivity index is 1.74. The third-order valence-corrected chi connectivity index (χ3v) is 5.85. The molecule has 0 spiro atoms. The number of hydrogen-bond donors (Lipinski definition) is 1. The Bertz CT molecular complexity index is 424. The Morgan fingerprint density at radius 2 is 1.71 bits per heavy atom. The first kappa shape index (κ1) is 17.0. The van der Waals surface area contributed by atoms with Gasteiger partial charge in [-0.2, -0.15) is 13.2 Å². The molecular weight excluding hydrogens is 307 g/mol. The quantitative estimate of drug-likeness (QED) is 0.858. The second-order valence-corrected chi connectivity index (χ2v) is 8.31. The number of hydrogen-bond acceptors (Lipinski definition) is 4. The molecule has 1 aliphatic heterocycles. The van der Waals surface area contributed by atoms with Crippen LogP contribution in [0.25, 0.3) is 0 Å². The van der Waals surface area contributed by atoms with Crippen molar-refractivity contribution in [1.29, 1.82) is 0 Å². The normalized spacial score (nSPS) is 31.2. The van der Waals surface area contributed by atoms with E-state index in [9.17, 15) is 21.6 Å². The van der Waals surface area contributed by atoms with E-state index in [0.717, 1.165) is 12.8 Å². The maximum absolute atomic E-state index is 12.2. The summed E-state index contributed by atoms with van der Waals surface area (Å²) >= 11 is 0. The van der Waals surface area contributed by atoms with Gasteiger partial charge in [0.1, 0.15) is 16.4 Å². The first-order chi connectivity index (χ1) is 9.73. The molecule has 0 aromatic carbocycles. The van der Waals surface area contributed by atoms with Crippen molar-refractivity contribution < 1.29 is 26.3 Å².